The van der Waals surface area contributed by atoms with Crippen LogP contribution in [0, 0.1) is 0 Å². The molecule has 0 aliphatic rings. The minimum atomic E-state index is 0.0615. The molecule has 0 atom stereocenters. The molecule has 0 aliphatic heterocycles. The van der Waals surface area contributed by atoms with Crippen molar-refractivity contribution in [1.29, 1.82) is 0 Å². The molecule has 140 valence electrons. The first-order valence-electron chi connectivity index (χ1n) is 7.98. The number of hydrazone groups is 1. The van der Waals surface area contributed by atoms with Crippen LogP contribution < -0.4 is 19.6 Å². The number of nitrogens with one attached hydrogen (secondary N) is 1. The third kappa shape index (κ3) is 4.29. The van der Waals surface area contributed by atoms with Crippen molar-refractivity contribution in [3.8, 4) is 34.3 Å². The second kappa shape index (κ2) is 8.41. The number of rotatable bonds is 7. The summed E-state index contributed by atoms with van der Waals surface area (Å²) in [4.78, 5) is 4.52. The van der Waals surface area contributed by atoms with Crippen molar-refractivity contribution in [2.45, 2.75) is 0 Å². The monoisotopic (exact) mass is 385 g/mol. The molecule has 0 saturated heterocycles. The van der Waals surface area contributed by atoms with Crippen LogP contribution in [-0.2, 0) is 0 Å². The van der Waals surface area contributed by atoms with Gasteiger partial charge in [-0.15, -0.1) is 11.3 Å². The molecule has 3 aromatic rings. The molecule has 1 aromatic heterocycles. The maximum Gasteiger partial charge on any atom is 0.203 e. The third-order valence-corrected chi connectivity index (χ3v) is 4.51. The highest BCUT2D eigenvalue weighted by Gasteiger charge is 2.09. The number of hydrogen-bond acceptors (Lipinski definition) is 8. The number of phenols is 1. The van der Waals surface area contributed by atoms with E-state index in [1.165, 1.54) is 18.4 Å². The number of phenolic OH excluding ortho intramolecular Hbond substituents is 1. The molecular weight excluding hydrogens is 366 g/mol. The predicted molar refractivity (Wildman–Crippen MR) is 107 cm³/mol. The summed E-state index contributed by atoms with van der Waals surface area (Å²) in [5.74, 6) is 1.79. The Morgan fingerprint density at radius 1 is 1.00 bits per heavy atom. The largest absolute Gasteiger partial charge is 0.504 e. The lowest BCUT2D eigenvalue weighted by Gasteiger charge is -2.08. The average Bonchev–Trinajstić information content (AvgIpc) is 3.16. The number of aromatic hydroxyl groups is 1. The van der Waals surface area contributed by atoms with Crippen LogP contribution in [0.15, 0.2) is 46.9 Å². The summed E-state index contributed by atoms with van der Waals surface area (Å²) in [6, 6.07) is 10.7. The summed E-state index contributed by atoms with van der Waals surface area (Å²) in [5.41, 5.74) is 5.35. The molecule has 0 spiro atoms. The van der Waals surface area contributed by atoms with Crippen LogP contribution in [0.5, 0.6) is 23.0 Å². The molecule has 0 radical (unpaired) electrons. The van der Waals surface area contributed by atoms with E-state index in [-0.39, 0.29) is 5.75 Å². The quantitative estimate of drug-likeness (QED) is 0.473. The summed E-state index contributed by atoms with van der Waals surface area (Å²) in [6.07, 6.45) is 1.59. The predicted octanol–water partition coefficient (Wildman–Crippen LogP) is 3.99. The molecule has 0 unspecified atom stereocenters. The van der Waals surface area contributed by atoms with Gasteiger partial charge in [0.05, 0.1) is 33.2 Å². The van der Waals surface area contributed by atoms with E-state index in [9.17, 15) is 5.11 Å². The molecule has 0 aliphatic carbocycles. The van der Waals surface area contributed by atoms with E-state index in [4.69, 9.17) is 14.2 Å². The minimum Gasteiger partial charge on any atom is -0.504 e. The van der Waals surface area contributed by atoms with Crippen LogP contribution in [0.4, 0.5) is 5.13 Å². The second-order valence-corrected chi connectivity index (χ2v) is 6.27. The molecular formula is C19H19N3O4S. The Kier molecular flexibility index (Phi) is 5.77. The Bertz CT molecular complexity index is 956. The fourth-order valence-corrected chi connectivity index (χ4v) is 3.07. The van der Waals surface area contributed by atoms with Crippen LogP contribution in [0.3, 0.4) is 0 Å². The zero-order chi connectivity index (χ0) is 19.2. The maximum atomic E-state index is 9.78. The summed E-state index contributed by atoms with van der Waals surface area (Å²) >= 11 is 1.43. The Morgan fingerprint density at radius 3 is 2.44 bits per heavy atom. The van der Waals surface area contributed by atoms with E-state index in [1.54, 1.807) is 38.6 Å². The number of nitrogens with zero attached hydrogens (tertiary/aromatic N) is 2. The van der Waals surface area contributed by atoms with Gasteiger partial charge in [-0.2, -0.15) is 5.10 Å². The molecule has 0 amide bonds. The summed E-state index contributed by atoms with van der Waals surface area (Å²) in [6.45, 7) is 0. The van der Waals surface area contributed by atoms with Crippen LogP contribution in [-0.4, -0.2) is 37.6 Å². The van der Waals surface area contributed by atoms with E-state index < -0.39 is 0 Å². The fraction of sp³-hybridized carbons (Fsp3) is 0.158. The first-order chi connectivity index (χ1) is 13.1. The number of anilines is 1. The van der Waals surface area contributed by atoms with E-state index in [0.29, 0.717) is 22.4 Å². The smallest absolute Gasteiger partial charge is 0.203 e. The lowest BCUT2D eigenvalue weighted by molar-refractivity contribution is 0.355. The zero-order valence-electron chi connectivity index (χ0n) is 15.1. The van der Waals surface area contributed by atoms with Gasteiger partial charge in [0.25, 0.3) is 0 Å². The first-order valence-corrected chi connectivity index (χ1v) is 8.86. The number of aromatic nitrogens is 1. The van der Waals surface area contributed by atoms with Crippen LogP contribution in [0.25, 0.3) is 11.3 Å². The summed E-state index contributed by atoms with van der Waals surface area (Å²) in [7, 11) is 4.70. The maximum absolute atomic E-state index is 9.78. The summed E-state index contributed by atoms with van der Waals surface area (Å²) in [5, 5.41) is 16.5. The van der Waals surface area contributed by atoms with Gasteiger partial charge >= 0.3 is 0 Å². The van der Waals surface area contributed by atoms with Gasteiger partial charge in [0, 0.05) is 10.9 Å². The van der Waals surface area contributed by atoms with Gasteiger partial charge in [0.2, 0.25) is 5.13 Å². The van der Waals surface area contributed by atoms with E-state index in [2.05, 4.69) is 15.5 Å². The van der Waals surface area contributed by atoms with E-state index in [0.717, 1.165) is 16.8 Å². The second-order valence-electron chi connectivity index (χ2n) is 5.41. The zero-order valence-corrected chi connectivity index (χ0v) is 15.9. The third-order valence-electron chi connectivity index (χ3n) is 3.76. The molecule has 8 heteroatoms. The minimum absolute atomic E-state index is 0.0615. The number of hydrogen-bond donors (Lipinski definition) is 2. The van der Waals surface area contributed by atoms with Gasteiger partial charge in [-0.25, -0.2) is 4.98 Å². The van der Waals surface area contributed by atoms with E-state index >= 15 is 0 Å². The van der Waals surface area contributed by atoms with Gasteiger partial charge in [0.1, 0.15) is 0 Å². The van der Waals surface area contributed by atoms with Crippen molar-refractivity contribution in [1.82, 2.24) is 4.98 Å². The molecule has 1 heterocycles. The molecule has 0 saturated carbocycles. The Balaban J connectivity index is 1.70. The highest BCUT2D eigenvalue weighted by molar-refractivity contribution is 7.14. The van der Waals surface area contributed by atoms with Crippen LogP contribution >= 0.6 is 11.3 Å². The van der Waals surface area contributed by atoms with Gasteiger partial charge in [-0.1, -0.05) is 0 Å². The molecule has 0 fully saturated rings. The normalized spacial score (nSPS) is 10.8. The number of ether oxygens (including phenoxy) is 3. The standard InChI is InChI=1S/C19H19N3O4S/c1-24-16-6-4-12(8-15(16)23)10-20-22-19-21-14(11-27-19)13-5-7-17(25-2)18(9-13)26-3/h4-11,23H,1-3H3,(H,21,22)/b20-10-. The van der Waals surface area contributed by atoms with Gasteiger partial charge in [-0.3, -0.25) is 5.43 Å². The SMILES string of the molecule is COc1ccc(/C=N\Nc2nc(-c3ccc(OC)c(OC)c3)cs2)cc1O. The number of thiazole rings is 1. The van der Waals surface area contributed by atoms with Crippen molar-refractivity contribution in [3.05, 3.63) is 47.3 Å². The van der Waals surface area contributed by atoms with Crippen molar-refractivity contribution in [2.75, 3.05) is 26.8 Å². The topological polar surface area (TPSA) is 85.2 Å². The molecule has 3 rings (SSSR count). The Labute approximate surface area is 160 Å². The van der Waals surface area contributed by atoms with Crippen LogP contribution in [0.1, 0.15) is 5.56 Å². The molecule has 0 bridgehead atoms. The molecule has 7 nitrogen and oxygen atoms in total. The van der Waals surface area contributed by atoms with Crippen molar-refractivity contribution in [2.24, 2.45) is 5.10 Å². The lowest BCUT2D eigenvalue weighted by Crippen LogP contribution is -1.92. The Morgan fingerprint density at radius 2 is 1.74 bits per heavy atom. The van der Waals surface area contributed by atoms with Crippen molar-refractivity contribution < 1.29 is 19.3 Å². The van der Waals surface area contributed by atoms with Crippen molar-refractivity contribution >= 4 is 22.7 Å². The van der Waals surface area contributed by atoms with Gasteiger partial charge in [-0.05, 0) is 42.0 Å². The Hall–Kier alpha value is -3.26. The molecule has 2 aromatic carbocycles. The van der Waals surface area contributed by atoms with Crippen LogP contribution in [0.2, 0.25) is 0 Å². The lowest BCUT2D eigenvalue weighted by atomic mass is 10.1. The van der Waals surface area contributed by atoms with E-state index in [1.807, 2.05) is 23.6 Å². The fourth-order valence-electron chi connectivity index (χ4n) is 2.40. The molecule has 27 heavy (non-hydrogen) atoms. The first kappa shape index (κ1) is 18.5. The van der Waals surface area contributed by atoms with Gasteiger partial charge < -0.3 is 19.3 Å². The average molecular weight is 385 g/mol. The number of benzene rings is 2. The van der Waals surface area contributed by atoms with Crippen molar-refractivity contribution in [3.63, 3.8) is 0 Å². The summed E-state index contributed by atoms with van der Waals surface area (Å²) < 4.78 is 15.6. The van der Waals surface area contributed by atoms with Gasteiger partial charge in [0.15, 0.2) is 23.0 Å². The molecule has 2 N–H and O–H groups in total. The highest BCUT2D eigenvalue weighted by Crippen LogP contribution is 2.33. The number of methoxy groups -OCH3 is 3. The highest BCUT2D eigenvalue weighted by atomic mass is 32.1.